The van der Waals surface area contributed by atoms with E-state index in [9.17, 15) is 9.59 Å². The van der Waals surface area contributed by atoms with Gasteiger partial charge in [-0.1, -0.05) is 6.92 Å². The van der Waals surface area contributed by atoms with Gasteiger partial charge in [0, 0.05) is 13.2 Å². The van der Waals surface area contributed by atoms with Crippen molar-refractivity contribution in [2.75, 3.05) is 7.11 Å². The summed E-state index contributed by atoms with van der Waals surface area (Å²) < 4.78 is 5.10. The number of hydrogen-bond acceptors (Lipinski definition) is 3. The lowest BCUT2D eigenvalue weighted by molar-refractivity contribution is -0.143. The number of aliphatic carboxylic acids is 1. The lowest BCUT2D eigenvalue weighted by Gasteiger charge is -2.26. The van der Waals surface area contributed by atoms with Crippen LogP contribution in [-0.4, -0.2) is 35.7 Å². The van der Waals surface area contributed by atoms with E-state index in [1.54, 1.807) is 13.8 Å². The largest absolute Gasteiger partial charge is 0.481 e. The predicted molar refractivity (Wildman–Crippen MR) is 55.6 cm³/mol. The van der Waals surface area contributed by atoms with Crippen LogP contribution in [0.5, 0.6) is 0 Å². The molecule has 0 heterocycles. The van der Waals surface area contributed by atoms with Crippen LogP contribution in [-0.2, 0) is 14.3 Å². The zero-order chi connectivity index (χ0) is 12.1. The maximum atomic E-state index is 11.7. The molecule has 2 atom stereocenters. The summed E-state index contributed by atoms with van der Waals surface area (Å²) in [5.74, 6) is -1.21. The van der Waals surface area contributed by atoms with E-state index in [0.717, 1.165) is 0 Å². The van der Waals surface area contributed by atoms with E-state index < -0.39 is 17.6 Å². The van der Waals surface area contributed by atoms with E-state index in [0.29, 0.717) is 6.42 Å². The summed E-state index contributed by atoms with van der Waals surface area (Å²) >= 11 is 0. The third-order valence-electron chi connectivity index (χ3n) is 2.46. The van der Waals surface area contributed by atoms with Crippen molar-refractivity contribution < 1.29 is 19.4 Å². The summed E-state index contributed by atoms with van der Waals surface area (Å²) in [4.78, 5) is 22.1. The van der Waals surface area contributed by atoms with Crippen LogP contribution in [0, 0.1) is 0 Å². The number of ether oxygens (including phenoxy) is 1. The third kappa shape index (κ3) is 4.29. The van der Waals surface area contributed by atoms with Gasteiger partial charge in [-0.25, -0.2) is 0 Å². The van der Waals surface area contributed by atoms with Crippen molar-refractivity contribution in [3.63, 3.8) is 0 Å². The van der Waals surface area contributed by atoms with Crippen molar-refractivity contribution in [3.05, 3.63) is 0 Å². The molecule has 0 aromatic carbocycles. The van der Waals surface area contributed by atoms with Crippen molar-refractivity contribution in [3.8, 4) is 0 Å². The molecule has 1 amide bonds. The average Bonchev–Trinajstić information content (AvgIpc) is 2.15. The van der Waals surface area contributed by atoms with Crippen molar-refractivity contribution >= 4 is 11.9 Å². The fraction of sp³-hybridized carbons (Fsp3) is 0.800. The van der Waals surface area contributed by atoms with E-state index in [1.165, 1.54) is 7.11 Å². The Morgan fingerprint density at radius 1 is 1.53 bits per heavy atom. The Balaban J connectivity index is 4.28. The lowest BCUT2D eigenvalue weighted by Crippen LogP contribution is -2.49. The average molecular weight is 217 g/mol. The Hall–Kier alpha value is -1.10. The van der Waals surface area contributed by atoms with Crippen LogP contribution in [0.3, 0.4) is 0 Å². The van der Waals surface area contributed by atoms with Crippen molar-refractivity contribution in [2.45, 2.75) is 45.3 Å². The highest BCUT2D eigenvalue weighted by Crippen LogP contribution is 2.14. The minimum absolute atomic E-state index is 0.0880. The first-order chi connectivity index (χ1) is 6.85. The fourth-order valence-corrected chi connectivity index (χ4v) is 1.09. The fourth-order valence-electron chi connectivity index (χ4n) is 1.09. The molecule has 0 saturated heterocycles. The quantitative estimate of drug-likeness (QED) is 0.689. The summed E-state index contributed by atoms with van der Waals surface area (Å²) in [5.41, 5.74) is -0.882. The summed E-state index contributed by atoms with van der Waals surface area (Å²) in [6, 6.07) is -0.393. The Morgan fingerprint density at radius 2 is 2.07 bits per heavy atom. The van der Waals surface area contributed by atoms with Gasteiger partial charge in [0.25, 0.3) is 5.91 Å². The van der Waals surface area contributed by atoms with E-state index in [-0.39, 0.29) is 12.3 Å². The van der Waals surface area contributed by atoms with Gasteiger partial charge in [-0.3, -0.25) is 9.59 Å². The number of hydrogen-bond donors (Lipinski definition) is 2. The SMILES string of the molecule is CCC(C)(OC)C(=O)NC(C)CC(=O)O. The predicted octanol–water partition coefficient (Wildman–Crippen LogP) is 0.781. The van der Waals surface area contributed by atoms with Crippen LogP contribution in [0.4, 0.5) is 0 Å². The molecule has 5 nitrogen and oxygen atoms in total. The van der Waals surface area contributed by atoms with Crippen LogP contribution in [0.15, 0.2) is 0 Å². The molecule has 2 unspecified atom stereocenters. The highest BCUT2D eigenvalue weighted by molar-refractivity contribution is 5.85. The number of carboxylic acid groups (broad SMARTS) is 1. The molecule has 15 heavy (non-hydrogen) atoms. The molecule has 0 spiro atoms. The van der Waals surface area contributed by atoms with Gasteiger partial charge in [0.15, 0.2) is 0 Å². The highest BCUT2D eigenvalue weighted by Gasteiger charge is 2.31. The van der Waals surface area contributed by atoms with Crippen LogP contribution < -0.4 is 5.32 Å². The Kier molecular flexibility index (Phi) is 5.28. The summed E-state index contributed by atoms with van der Waals surface area (Å²) in [6.07, 6.45) is 0.449. The summed E-state index contributed by atoms with van der Waals surface area (Å²) in [6.45, 7) is 5.17. The molecule has 0 aromatic heterocycles. The van der Waals surface area contributed by atoms with Gasteiger partial charge in [0.2, 0.25) is 0 Å². The Morgan fingerprint density at radius 3 is 2.40 bits per heavy atom. The molecule has 0 fully saturated rings. The summed E-state index contributed by atoms with van der Waals surface area (Å²) in [7, 11) is 1.46. The van der Waals surface area contributed by atoms with Crippen LogP contribution in [0.25, 0.3) is 0 Å². The normalized spacial score (nSPS) is 16.5. The van der Waals surface area contributed by atoms with Gasteiger partial charge in [-0.15, -0.1) is 0 Å². The van der Waals surface area contributed by atoms with Crippen LogP contribution in [0.2, 0.25) is 0 Å². The number of amides is 1. The zero-order valence-electron chi connectivity index (χ0n) is 9.66. The maximum absolute atomic E-state index is 11.7. The Labute approximate surface area is 89.8 Å². The molecule has 0 bridgehead atoms. The molecular weight excluding hydrogens is 198 g/mol. The molecule has 0 aliphatic rings. The second kappa shape index (κ2) is 5.70. The van der Waals surface area contributed by atoms with E-state index in [2.05, 4.69) is 5.32 Å². The van der Waals surface area contributed by atoms with Gasteiger partial charge < -0.3 is 15.2 Å². The molecule has 0 aromatic rings. The van der Waals surface area contributed by atoms with Crippen molar-refractivity contribution in [1.82, 2.24) is 5.32 Å². The minimum atomic E-state index is -0.932. The maximum Gasteiger partial charge on any atom is 0.305 e. The minimum Gasteiger partial charge on any atom is -0.481 e. The molecule has 0 saturated carbocycles. The third-order valence-corrected chi connectivity index (χ3v) is 2.46. The zero-order valence-corrected chi connectivity index (χ0v) is 9.66. The first kappa shape index (κ1) is 13.9. The van der Waals surface area contributed by atoms with Gasteiger partial charge in [0.1, 0.15) is 5.60 Å². The lowest BCUT2D eigenvalue weighted by atomic mass is 10.0. The number of carbonyl (C=O) groups excluding carboxylic acids is 1. The molecule has 0 radical (unpaired) electrons. The van der Waals surface area contributed by atoms with Crippen LogP contribution in [0.1, 0.15) is 33.6 Å². The van der Waals surface area contributed by atoms with Gasteiger partial charge in [-0.2, -0.15) is 0 Å². The Bertz CT molecular complexity index is 236. The molecular formula is C10H19NO4. The van der Waals surface area contributed by atoms with Crippen molar-refractivity contribution in [2.24, 2.45) is 0 Å². The molecule has 2 N–H and O–H groups in total. The standard InChI is InChI=1S/C10H19NO4/c1-5-10(3,15-4)9(14)11-7(2)6-8(12)13/h7H,5-6H2,1-4H3,(H,11,14)(H,12,13). The van der Waals surface area contributed by atoms with Gasteiger partial charge in [0.05, 0.1) is 6.42 Å². The first-order valence-corrected chi connectivity index (χ1v) is 4.93. The number of nitrogens with one attached hydrogen (secondary N) is 1. The monoisotopic (exact) mass is 217 g/mol. The van der Waals surface area contributed by atoms with Crippen molar-refractivity contribution in [1.29, 1.82) is 0 Å². The van der Waals surface area contributed by atoms with Gasteiger partial charge in [-0.05, 0) is 20.3 Å². The second-order valence-corrected chi connectivity index (χ2v) is 3.76. The topological polar surface area (TPSA) is 75.6 Å². The van der Waals surface area contributed by atoms with E-state index in [4.69, 9.17) is 9.84 Å². The van der Waals surface area contributed by atoms with E-state index >= 15 is 0 Å². The number of carboxylic acids is 1. The molecule has 5 heteroatoms. The van der Waals surface area contributed by atoms with Gasteiger partial charge >= 0.3 is 5.97 Å². The smallest absolute Gasteiger partial charge is 0.305 e. The number of rotatable bonds is 6. The molecule has 0 rings (SSSR count). The number of carbonyl (C=O) groups is 2. The first-order valence-electron chi connectivity index (χ1n) is 4.93. The number of methoxy groups -OCH3 is 1. The molecule has 88 valence electrons. The molecule has 0 aliphatic heterocycles. The molecule has 0 aliphatic carbocycles. The van der Waals surface area contributed by atoms with E-state index in [1.807, 2.05) is 6.92 Å². The summed E-state index contributed by atoms with van der Waals surface area (Å²) in [5, 5.41) is 11.1. The highest BCUT2D eigenvalue weighted by atomic mass is 16.5. The second-order valence-electron chi connectivity index (χ2n) is 3.76. The van der Waals surface area contributed by atoms with Crippen LogP contribution >= 0.6 is 0 Å².